The average Bonchev–Trinajstić information content (AvgIpc) is 3.27. The Kier molecular flexibility index (Phi) is 3.70. The molecular weight excluding hydrogens is 322 g/mol. The molecule has 0 fully saturated rings. The SMILES string of the molecule is COc1cccc(OCc2nnc(-c3ccc4[nH]nc(N)c4c3)o2)c1. The van der Waals surface area contributed by atoms with E-state index >= 15 is 0 Å². The molecule has 0 atom stereocenters. The fourth-order valence-electron chi connectivity index (χ4n) is 2.43. The monoisotopic (exact) mass is 337 g/mol. The van der Waals surface area contributed by atoms with Crippen LogP contribution < -0.4 is 15.2 Å². The molecule has 4 aromatic rings. The fourth-order valence-corrected chi connectivity index (χ4v) is 2.43. The van der Waals surface area contributed by atoms with Crippen LogP contribution in [0, 0.1) is 0 Å². The van der Waals surface area contributed by atoms with Gasteiger partial charge >= 0.3 is 0 Å². The molecule has 0 aliphatic rings. The van der Waals surface area contributed by atoms with E-state index in [2.05, 4.69) is 20.4 Å². The minimum Gasteiger partial charge on any atom is -0.497 e. The molecule has 4 rings (SSSR count). The second kappa shape index (κ2) is 6.16. The molecule has 25 heavy (non-hydrogen) atoms. The summed E-state index contributed by atoms with van der Waals surface area (Å²) in [6, 6.07) is 12.9. The highest BCUT2D eigenvalue weighted by molar-refractivity contribution is 5.91. The molecule has 0 aliphatic heterocycles. The van der Waals surface area contributed by atoms with Gasteiger partial charge in [-0.1, -0.05) is 6.07 Å². The lowest BCUT2D eigenvalue weighted by molar-refractivity contribution is 0.263. The van der Waals surface area contributed by atoms with E-state index in [4.69, 9.17) is 19.6 Å². The molecule has 0 saturated carbocycles. The number of nitrogens with two attached hydrogens (primary N) is 1. The van der Waals surface area contributed by atoms with Gasteiger partial charge in [-0.25, -0.2) is 0 Å². The number of aromatic nitrogens is 4. The number of benzene rings is 2. The van der Waals surface area contributed by atoms with Gasteiger partial charge in [0.2, 0.25) is 5.89 Å². The van der Waals surface area contributed by atoms with Crippen molar-refractivity contribution in [3.8, 4) is 23.0 Å². The van der Waals surface area contributed by atoms with E-state index in [-0.39, 0.29) is 6.61 Å². The van der Waals surface area contributed by atoms with Crippen molar-refractivity contribution < 1.29 is 13.9 Å². The van der Waals surface area contributed by atoms with E-state index in [0.29, 0.717) is 23.3 Å². The summed E-state index contributed by atoms with van der Waals surface area (Å²) in [6.07, 6.45) is 0. The van der Waals surface area contributed by atoms with Gasteiger partial charge in [0.05, 0.1) is 12.6 Å². The lowest BCUT2D eigenvalue weighted by atomic mass is 10.1. The third kappa shape index (κ3) is 2.97. The standard InChI is InChI=1S/C17H15N5O3/c1-23-11-3-2-4-12(8-11)24-9-15-20-22-17(25-15)10-5-6-14-13(7-10)16(18)21-19-14/h2-8H,9H2,1H3,(H3,18,19,21). The third-order valence-corrected chi connectivity index (χ3v) is 3.71. The third-order valence-electron chi connectivity index (χ3n) is 3.71. The Morgan fingerprint density at radius 1 is 1.12 bits per heavy atom. The van der Waals surface area contributed by atoms with E-state index in [1.54, 1.807) is 13.2 Å². The number of aromatic amines is 1. The number of hydrogen-bond donors (Lipinski definition) is 2. The maximum Gasteiger partial charge on any atom is 0.254 e. The number of nitrogens with one attached hydrogen (secondary N) is 1. The summed E-state index contributed by atoms with van der Waals surface area (Å²) < 4.78 is 16.5. The topological polar surface area (TPSA) is 112 Å². The number of ether oxygens (including phenoxy) is 2. The first-order valence-electron chi connectivity index (χ1n) is 7.56. The average molecular weight is 337 g/mol. The van der Waals surface area contributed by atoms with Gasteiger partial charge in [0.1, 0.15) is 11.5 Å². The number of rotatable bonds is 5. The second-order valence-electron chi connectivity index (χ2n) is 5.34. The molecular formula is C17H15N5O3. The van der Waals surface area contributed by atoms with E-state index in [1.165, 1.54) is 0 Å². The van der Waals surface area contributed by atoms with E-state index < -0.39 is 0 Å². The number of H-pyrrole nitrogens is 1. The molecule has 0 spiro atoms. The molecule has 8 nitrogen and oxygen atoms in total. The molecule has 0 aliphatic carbocycles. The number of nitrogens with zero attached hydrogens (tertiary/aromatic N) is 3. The van der Waals surface area contributed by atoms with Crippen LogP contribution in [0.4, 0.5) is 5.82 Å². The van der Waals surface area contributed by atoms with Crippen LogP contribution in [0.2, 0.25) is 0 Å². The van der Waals surface area contributed by atoms with Crippen LogP contribution >= 0.6 is 0 Å². The van der Waals surface area contributed by atoms with E-state index in [0.717, 1.165) is 22.2 Å². The number of methoxy groups -OCH3 is 1. The van der Waals surface area contributed by atoms with Crippen molar-refractivity contribution in [2.45, 2.75) is 6.61 Å². The highest BCUT2D eigenvalue weighted by atomic mass is 16.5. The molecule has 0 bridgehead atoms. The van der Waals surface area contributed by atoms with E-state index in [1.807, 2.05) is 36.4 Å². The number of anilines is 1. The van der Waals surface area contributed by atoms with Crippen molar-refractivity contribution >= 4 is 16.7 Å². The Morgan fingerprint density at radius 2 is 2.00 bits per heavy atom. The Balaban J connectivity index is 1.51. The Morgan fingerprint density at radius 3 is 2.88 bits per heavy atom. The minimum atomic E-state index is 0.163. The molecule has 3 N–H and O–H groups in total. The quantitative estimate of drug-likeness (QED) is 0.576. The maximum atomic E-state index is 5.82. The van der Waals surface area contributed by atoms with E-state index in [9.17, 15) is 0 Å². The van der Waals surface area contributed by atoms with Gasteiger partial charge in [0, 0.05) is 17.0 Å². The Labute approximate surface area is 142 Å². The molecule has 126 valence electrons. The number of fused-ring (bicyclic) bond motifs is 1. The predicted molar refractivity (Wildman–Crippen MR) is 91.1 cm³/mol. The summed E-state index contributed by atoms with van der Waals surface area (Å²) in [4.78, 5) is 0. The second-order valence-corrected chi connectivity index (χ2v) is 5.34. The first-order valence-corrected chi connectivity index (χ1v) is 7.56. The zero-order valence-corrected chi connectivity index (χ0v) is 13.4. The van der Waals surface area contributed by atoms with Crippen LogP contribution in [0.15, 0.2) is 46.9 Å². The Bertz CT molecular complexity index is 1020. The largest absolute Gasteiger partial charge is 0.497 e. The summed E-state index contributed by atoms with van der Waals surface area (Å²) in [5.41, 5.74) is 7.44. The van der Waals surface area contributed by atoms with Crippen LogP contribution in [0.25, 0.3) is 22.4 Å². The van der Waals surface area contributed by atoms with Crippen LogP contribution in [0.3, 0.4) is 0 Å². The first kappa shape index (κ1) is 15.0. The van der Waals surface area contributed by atoms with Crippen LogP contribution in [0.5, 0.6) is 11.5 Å². The summed E-state index contributed by atoms with van der Waals surface area (Å²) >= 11 is 0. The molecule has 0 radical (unpaired) electrons. The van der Waals surface area contributed by atoms with Gasteiger partial charge in [-0.2, -0.15) is 5.10 Å². The van der Waals surface area contributed by atoms with Gasteiger partial charge in [-0.15, -0.1) is 10.2 Å². The minimum absolute atomic E-state index is 0.163. The molecule has 0 saturated heterocycles. The summed E-state index contributed by atoms with van der Waals surface area (Å²) in [7, 11) is 1.60. The molecule has 0 amide bonds. The van der Waals surface area contributed by atoms with Gasteiger partial charge in [0.25, 0.3) is 5.89 Å². The number of nitrogen functional groups attached to an aromatic ring is 1. The molecule has 2 aromatic carbocycles. The van der Waals surface area contributed by atoms with Gasteiger partial charge < -0.3 is 19.6 Å². The highest BCUT2D eigenvalue weighted by Gasteiger charge is 2.11. The molecule has 0 unspecified atom stereocenters. The van der Waals surface area contributed by atoms with Crippen molar-refractivity contribution in [2.24, 2.45) is 0 Å². The predicted octanol–water partition coefficient (Wildman–Crippen LogP) is 2.78. The maximum absolute atomic E-state index is 5.82. The van der Waals surface area contributed by atoms with Crippen molar-refractivity contribution in [1.82, 2.24) is 20.4 Å². The van der Waals surface area contributed by atoms with Crippen molar-refractivity contribution in [3.05, 3.63) is 48.4 Å². The summed E-state index contributed by atoms with van der Waals surface area (Å²) in [5.74, 6) is 2.57. The van der Waals surface area contributed by atoms with Crippen molar-refractivity contribution in [1.29, 1.82) is 0 Å². The molecule has 8 heteroatoms. The fraction of sp³-hybridized carbons (Fsp3) is 0.118. The normalized spacial score (nSPS) is 10.9. The summed E-state index contributed by atoms with van der Waals surface area (Å²) in [5, 5.41) is 15.7. The first-order chi connectivity index (χ1) is 12.2. The molecule has 2 heterocycles. The smallest absolute Gasteiger partial charge is 0.254 e. The van der Waals surface area contributed by atoms with Gasteiger partial charge in [-0.3, -0.25) is 5.10 Å². The summed E-state index contributed by atoms with van der Waals surface area (Å²) in [6.45, 7) is 0.163. The lowest BCUT2D eigenvalue weighted by Gasteiger charge is -2.05. The van der Waals surface area contributed by atoms with Crippen LogP contribution in [-0.2, 0) is 6.61 Å². The Hall–Kier alpha value is -3.55. The van der Waals surface area contributed by atoms with Gasteiger partial charge in [0.15, 0.2) is 12.4 Å². The zero-order valence-electron chi connectivity index (χ0n) is 13.4. The van der Waals surface area contributed by atoms with Crippen LogP contribution in [0.1, 0.15) is 5.89 Å². The number of hydrogen-bond acceptors (Lipinski definition) is 7. The highest BCUT2D eigenvalue weighted by Crippen LogP contribution is 2.26. The lowest BCUT2D eigenvalue weighted by Crippen LogP contribution is -1.96. The van der Waals surface area contributed by atoms with Crippen LogP contribution in [-0.4, -0.2) is 27.5 Å². The van der Waals surface area contributed by atoms with Crippen molar-refractivity contribution in [2.75, 3.05) is 12.8 Å². The van der Waals surface area contributed by atoms with Gasteiger partial charge in [-0.05, 0) is 30.3 Å². The zero-order chi connectivity index (χ0) is 17.2. The molecule has 2 aromatic heterocycles. The van der Waals surface area contributed by atoms with Crippen molar-refractivity contribution in [3.63, 3.8) is 0 Å².